The molecule has 0 spiro atoms. The number of carbonyl (C=O) groups excluding carboxylic acids is 1. The highest BCUT2D eigenvalue weighted by atomic mass is 16.2. The number of nitrogens with one attached hydrogen (secondary N) is 1. The van der Waals surface area contributed by atoms with Crippen LogP contribution in [0.3, 0.4) is 0 Å². The minimum Gasteiger partial charge on any atom is -0.326 e. The largest absolute Gasteiger partial charge is 0.326 e. The second kappa shape index (κ2) is 2.98. The van der Waals surface area contributed by atoms with E-state index in [-0.39, 0.29) is 18.1 Å². The molecule has 0 aromatic carbocycles. The van der Waals surface area contributed by atoms with Crippen LogP contribution in [-0.2, 0) is 4.79 Å². The van der Waals surface area contributed by atoms with Crippen LogP contribution in [0.4, 0.5) is 0 Å². The molecule has 0 aromatic heterocycles. The summed E-state index contributed by atoms with van der Waals surface area (Å²) in [6.07, 6.45) is 1.53. The first-order valence-electron chi connectivity index (χ1n) is 5.16. The van der Waals surface area contributed by atoms with Crippen LogP contribution in [0.25, 0.3) is 0 Å². The molecule has 1 saturated carbocycles. The molecule has 0 radical (unpaired) electrons. The fraction of sp³-hybridized carbons (Fsp3) is 0.900. The van der Waals surface area contributed by atoms with Gasteiger partial charge in [0.2, 0.25) is 5.91 Å². The fourth-order valence-corrected chi connectivity index (χ4v) is 2.12. The lowest BCUT2D eigenvalue weighted by atomic mass is 10.3. The third-order valence-corrected chi connectivity index (χ3v) is 3.32. The van der Waals surface area contributed by atoms with Crippen molar-refractivity contribution in [3.63, 3.8) is 0 Å². The van der Waals surface area contributed by atoms with Crippen LogP contribution in [0.1, 0.15) is 27.2 Å². The predicted octanol–water partition coefficient (Wildman–Crippen LogP) is 0.809. The minimum atomic E-state index is 0.0176. The van der Waals surface area contributed by atoms with Crippen LogP contribution in [0.15, 0.2) is 0 Å². The molecule has 0 bridgehead atoms. The van der Waals surface area contributed by atoms with Gasteiger partial charge in [-0.2, -0.15) is 0 Å². The highest BCUT2D eigenvalue weighted by Crippen LogP contribution is 2.38. The average Bonchev–Trinajstić information content (AvgIpc) is 2.70. The molecule has 13 heavy (non-hydrogen) atoms. The quantitative estimate of drug-likeness (QED) is 0.685. The van der Waals surface area contributed by atoms with Gasteiger partial charge in [-0.15, -0.1) is 0 Å². The van der Waals surface area contributed by atoms with Crippen LogP contribution in [-0.4, -0.2) is 29.6 Å². The summed E-state index contributed by atoms with van der Waals surface area (Å²) in [7, 11) is 0. The monoisotopic (exact) mass is 182 g/mol. The Hall–Kier alpha value is -0.570. The van der Waals surface area contributed by atoms with Gasteiger partial charge in [0.05, 0.1) is 12.2 Å². The smallest absolute Gasteiger partial charge is 0.240 e. The molecule has 2 fully saturated rings. The summed E-state index contributed by atoms with van der Waals surface area (Å²) in [5, 5.41) is 3.24. The molecule has 1 aliphatic carbocycles. The van der Waals surface area contributed by atoms with Crippen LogP contribution < -0.4 is 5.32 Å². The van der Waals surface area contributed by atoms with Gasteiger partial charge in [-0.25, -0.2) is 0 Å². The maximum Gasteiger partial charge on any atom is 0.240 e. The van der Waals surface area contributed by atoms with E-state index >= 15 is 0 Å². The molecule has 1 N–H and O–H groups in total. The summed E-state index contributed by atoms with van der Waals surface area (Å²) >= 11 is 0. The summed E-state index contributed by atoms with van der Waals surface area (Å²) in [4.78, 5) is 13.6. The Kier molecular flexibility index (Phi) is 2.06. The second-order valence-corrected chi connectivity index (χ2v) is 4.53. The predicted molar refractivity (Wildman–Crippen MR) is 51.0 cm³/mol. The average molecular weight is 182 g/mol. The number of hydrogen-bond donors (Lipinski definition) is 1. The van der Waals surface area contributed by atoms with E-state index in [0.717, 1.165) is 18.4 Å². The van der Waals surface area contributed by atoms with Crippen molar-refractivity contribution in [2.24, 2.45) is 11.8 Å². The molecule has 1 heterocycles. The van der Waals surface area contributed by atoms with Crippen LogP contribution >= 0.6 is 0 Å². The van der Waals surface area contributed by atoms with Gasteiger partial charge in [0, 0.05) is 6.54 Å². The molecule has 1 aliphatic heterocycles. The first-order chi connectivity index (χ1) is 6.09. The van der Waals surface area contributed by atoms with E-state index in [2.05, 4.69) is 19.2 Å². The number of hydrogen-bond acceptors (Lipinski definition) is 2. The van der Waals surface area contributed by atoms with Gasteiger partial charge in [0.15, 0.2) is 0 Å². The minimum absolute atomic E-state index is 0.0176. The molecule has 4 atom stereocenters. The lowest BCUT2D eigenvalue weighted by molar-refractivity contribution is -0.129. The lowest BCUT2D eigenvalue weighted by Crippen LogP contribution is -2.36. The van der Waals surface area contributed by atoms with Crippen molar-refractivity contribution in [1.82, 2.24) is 10.2 Å². The SMILES string of the molecule is CC1NC(C)N(CC2CC2C)C1=O. The van der Waals surface area contributed by atoms with E-state index in [1.807, 2.05) is 11.8 Å². The maximum absolute atomic E-state index is 11.6. The summed E-state index contributed by atoms with van der Waals surface area (Å²) in [5.74, 6) is 1.86. The zero-order valence-corrected chi connectivity index (χ0v) is 8.58. The zero-order chi connectivity index (χ0) is 9.59. The van der Waals surface area contributed by atoms with Gasteiger partial charge < -0.3 is 4.90 Å². The molecule has 3 nitrogen and oxygen atoms in total. The van der Waals surface area contributed by atoms with Crippen LogP contribution in [0.5, 0.6) is 0 Å². The van der Waals surface area contributed by atoms with Crippen molar-refractivity contribution >= 4 is 5.91 Å². The zero-order valence-electron chi connectivity index (χ0n) is 8.58. The molecule has 2 aliphatic rings. The van der Waals surface area contributed by atoms with Crippen molar-refractivity contribution in [3.8, 4) is 0 Å². The van der Waals surface area contributed by atoms with Gasteiger partial charge in [-0.1, -0.05) is 6.92 Å². The molecule has 0 aromatic rings. The molecule has 2 rings (SSSR count). The molecule has 1 saturated heterocycles. The first-order valence-corrected chi connectivity index (χ1v) is 5.16. The summed E-state index contributed by atoms with van der Waals surface area (Å²) in [6, 6.07) is 0.0176. The van der Waals surface area contributed by atoms with E-state index in [1.165, 1.54) is 6.42 Å². The highest BCUT2D eigenvalue weighted by Gasteiger charge is 2.40. The molecule has 1 amide bonds. The maximum atomic E-state index is 11.6. The van der Waals surface area contributed by atoms with Crippen LogP contribution in [0.2, 0.25) is 0 Å². The molecular formula is C10H18N2O. The van der Waals surface area contributed by atoms with Crippen molar-refractivity contribution in [3.05, 3.63) is 0 Å². The summed E-state index contributed by atoms with van der Waals surface area (Å²) in [6.45, 7) is 7.22. The standard InChI is InChI=1S/C10H18N2O/c1-6-4-9(6)5-12-8(3)11-7(2)10(12)13/h6-9,11H,4-5H2,1-3H3. The topological polar surface area (TPSA) is 32.3 Å². The number of rotatable bonds is 2. The van der Waals surface area contributed by atoms with Crippen molar-refractivity contribution in [2.75, 3.05) is 6.54 Å². The first kappa shape index (κ1) is 9.00. The van der Waals surface area contributed by atoms with Gasteiger partial charge in [0.25, 0.3) is 0 Å². The Balaban J connectivity index is 1.94. The Morgan fingerprint density at radius 3 is 2.46 bits per heavy atom. The molecule has 4 unspecified atom stereocenters. The van der Waals surface area contributed by atoms with E-state index < -0.39 is 0 Å². The van der Waals surface area contributed by atoms with E-state index in [4.69, 9.17) is 0 Å². The second-order valence-electron chi connectivity index (χ2n) is 4.53. The van der Waals surface area contributed by atoms with Gasteiger partial charge in [-0.3, -0.25) is 10.1 Å². The Bertz CT molecular complexity index is 229. The molecule has 3 heteroatoms. The summed E-state index contributed by atoms with van der Waals surface area (Å²) in [5.41, 5.74) is 0. The van der Waals surface area contributed by atoms with E-state index in [9.17, 15) is 4.79 Å². The Labute approximate surface area is 79.5 Å². The van der Waals surface area contributed by atoms with Crippen molar-refractivity contribution in [2.45, 2.75) is 39.4 Å². The molecule has 74 valence electrons. The highest BCUT2D eigenvalue weighted by molar-refractivity contribution is 5.83. The van der Waals surface area contributed by atoms with Crippen molar-refractivity contribution < 1.29 is 4.79 Å². The van der Waals surface area contributed by atoms with E-state index in [0.29, 0.717) is 0 Å². The summed E-state index contributed by atoms with van der Waals surface area (Å²) < 4.78 is 0. The van der Waals surface area contributed by atoms with Gasteiger partial charge >= 0.3 is 0 Å². The Morgan fingerprint density at radius 1 is 1.46 bits per heavy atom. The van der Waals surface area contributed by atoms with Gasteiger partial charge in [0.1, 0.15) is 0 Å². The lowest BCUT2D eigenvalue weighted by Gasteiger charge is -2.20. The van der Waals surface area contributed by atoms with Crippen LogP contribution in [0, 0.1) is 11.8 Å². The third-order valence-electron chi connectivity index (χ3n) is 3.32. The third kappa shape index (κ3) is 1.57. The number of amides is 1. The van der Waals surface area contributed by atoms with Gasteiger partial charge in [-0.05, 0) is 32.1 Å². The fourth-order valence-electron chi connectivity index (χ4n) is 2.12. The molecular weight excluding hydrogens is 164 g/mol. The normalized spacial score (nSPS) is 44.2. The van der Waals surface area contributed by atoms with E-state index in [1.54, 1.807) is 0 Å². The number of carbonyl (C=O) groups is 1. The van der Waals surface area contributed by atoms with Crippen molar-refractivity contribution in [1.29, 1.82) is 0 Å². The Morgan fingerprint density at radius 2 is 2.08 bits per heavy atom. The number of nitrogens with zero attached hydrogens (tertiary/aromatic N) is 1.